The minimum Gasteiger partial charge on any atom is -0.397 e. The summed E-state index contributed by atoms with van der Waals surface area (Å²) in [7, 11) is 2.10. The van der Waals surface area contributed by atoms with Crippen LogP contribution in [0.2, 0.25) is 0 Å². The maximum atomic E-state index is 6.06. The summed E-state index contributed by atoms with van der Waals surface area (Å²) >= 11 is 1.84. The van der Waals surface area contributed by atoms with Crippen LogP contribution in [-0.2, 0) is 6.42 Å². The van der Waals surface area contributed by atoms with Gasteiger partial charge in [-0.1, -0.05) is 6.07 Å². The molecule has 0 fully saturated rings. The Morgan fingerprint density at radius 3 is 2.61 bits per heavy atom. The monoisotopic (exact) mass is 260 g/mol. The fourth-order valence-electron chi connectivity index (χ4n) is 2.07. The molecule has 1 heterocycles. The molecule has 0 unspecified atom stereocenters. The van der Waals surface area contributed by atoms with Crippen molar-refractivity contribution < 1.29 is 0 Å². The molecule has 0 aliphatic heterocycles. The van der Waals surface area contributed by atoms with Gasteiger partial charge in [0.15, 0.2) is 0 Å². The first-order valence-electron chi connectivity index (χ1n) is 6.18. The van der Waals surface area contributed by atoms with Gasteiger partial charge >= 0.3 is 0 Å². The summed E-state index contributed by atoms with van der Waals surface area (Å²) in [5.74, 6) is 0. The Labute approximate surface area is 113 Å². The molecule has 3 heteroatoms. The third-order valence-electron chi connectivity index (χ3n) is 3.24. The molecule has 0 spiro atoms. The second-order valence-corrected chi connectivity index (χ2v) is 5.76. The number of likely N-dealkylation sites (N-methyl/N-ethyl adjacent to an activating group) is 1. The smallest absolute Gasteiger partial charge is 0.0597 e. The van der Waals surface area contributed by atoms with Crippen molar-refractivity contribution in [2.45, 2.75) is 20.3 Å². The lowest BCUT2D eigenvalue weighted by molar-refractivity contribution is 0.884. The minimum atomic E-state index is 0.861. The molecule has 18 heavy (non-hydrogen) atoms. The number of hydrogen-bond acceptors (Lipinski definition) is 3. The maximum Gasteiger partial charge on any atom is 0.0597 e. The molecule has 0 radical (unpaired) electrons. The molecule has 0 aliphatic rings. The Balaban J connectivity index is 2.03. The van der Waals surface area contributed by atoms with Gasteiger partial charge in [0.2, 0.25) is 0 Å². The van der Waals surface area contributed by atoms with Crippen molar-refractivity contribution in [3.8, 4) is 0 Å². The zero-order valence-electron chi connectivity index (χ0n) is 11.2. The van der Waals surface area contributed by atoms with E-state index in [0.29, 0.717) is 0 Å². The van der Waals surface area contributed by atoms with Crippen LogP contribution < -0.4 is 10.6 Å². The lowest BCUT2D eigenvalue weighted by Crippen LogP contribution is -2.21. The van der Waals surface area contributed by atoms with Crippen LogP contribution in [0, 0.1) is 13.8 Å². The number of rotatable bonds is 4. The van der Waals surface area contributed by atoms with E-state index in [1.807, 2.05) is 17.4 Å². The molecule has 0 amide bonds. The molecule has 1 aromatic heterocycles. The summed E-state index contributed by atoms with van der Waals surface area (Å²) < 4.78 is 0. The van der Waals surface area contributed by atoms with E-state index in [4.69, 9.17) is 5.73 Å². The number of nitrogens with zero attached hydrogens (tertiary/aromatic N) is 1. The fraction of sp³-hybridized carbons (Fsp3) is 0.333. The Hall–Kier alpha value is -1.48. The number of nitrogens with two attached hydrogens (primary N) is 1. The van der Waals surface area contributed by atoms with Crippen LogP contribution in [0.4, 0.5) is 11.4 Å². The molecule has 0 saturated heterocycles. The predicted octanol–water partition coefficient (Wildman–Crippen LogP) is 3.63. The molecule has 0 saturated carbocycles. The summed E-state index contributed by atoms with van der Waals surface area (Å²) in [6.07, 6.45) is 1.08. The minimum absolute atomic E-state index is 0.861. The third kappa shape index (κ3) is 2.85. The van der Waals surface area contributed by atoms with Gasteiger partial charge < -0.3 is 10.6 Å². The Morgan fingerprint density at radius 2 is 2.00 bits per heavy atom. The zero-order chi connectivity index (χ0) is 13.1. The van der Waals surface area contributed by atoms with Gasteiger partial charge in [-0.05, 0) is 55.0 Å². The molecule has 96 valence electrons. The van der Waals surface area contributed by atoms with Crippen LogP contribution >= 0.6 is 11.3 Å². The van der Waals surface area contributed by atoms with E-state index in [1.54, 1.807) is 0 Å². The quantitative estimate of drug-likeness (QED) is 0.851. The van der Waals surface area contributed by atoms with Gasteiger partial charge in [-0.15, -0.1) is 11.3 Å². The van der Waals surface area contributed by atoms with Crippen LogP contribution in [0.1, 0.15) is 16.0 Å². The van der Waals surface area contributed by atoms with Crippen molar-refractivity contribution in [2.75, 3.05) is 24.2 Å². The van der Waals surface area contributed by atoms with E-state index in [9.17, 15) is 0 Å². The van der Waals surface area contributed by atoms with E-state index in [0.717, 1.165) is 24.3 Å². The van der Waals surface area contributed by atoms with E-state index in [-0.39, 0.29) is 0 Å². The van der Waals surface area contributed by atoms with Gasteiger partial charge in [0.1, 0.15) is 0 Å². The molecular formula is C15H20N2S. The van der Waals surface area contributed by atoms with Crippen LogP contribution in [0.5, 0.6) is 0 Å². The lowest BCUT2D eigenvalue weighted by Gasteiger charge is -2.21. The molecule has 0 bridgehead atoms. The number of benzene rings is 1. The van der Waals surface area contributed by atoms with Gasteiger partial charge in [0, 0.05) is 18.5 Å². The third-order valence-corrected chi connectivity index (χ3v) is 4.32. The highest BCUT2D eigenvalue weighted by Gasteiger charge is 2.07. The second-order valence-electron chi connectivity index (χ2n) is 4.76. The second kappa shape index (κ2) is 5.44. The van der Waals surface area contributed by atoms with E-state index < -0.39 is 0 Å². The molecule has 0 atom stereocenters. The summed E-state index contributed by atoms with van der Waals surface area (Å²) in [6.45, 7) is 5.23. The van der Waals surface area contributed by atoms with Crippen LogP contribution in [0.3, 0.4) is 0 Å². The number of hydrogen-bond donors (Lipinski definition) is 1. The Kier molecular flexibility index (Phi) is 3.92. The van der Waals surface area contributed by atoms with Crippen LogP contribution in [-0.4, -0.2) is 13.6 Å². The van der Waals surface area contributed by atoms with Gasteiger partial charge in [0.05, 0.1) is 11.4 Å². The van der Waals surface area contributed by atoms with E-state index in [1.165, 1.54) is 16.0 Å². The summed E-state index contributed by atoms with van der Waals surface area (Å²) in [5, 5.41) is 2.16. The SMILES string of the molecule is Cc1ccc(N(C)CCc2sccc2C)c(N)c1. The number of anilines is 2. The summed E-state index contributed by atoms with van der Waals surface area (Å²) in [5.41, 5.74) is 10.6. The van der Waals surface area contributed by atoms with Crippen molar-refractivity contribution in [2.24, 2.45) is 0 Å². The molecule has 1 aromatic carbocycles. The first kappa shape index (κ1) is 13.0. The summed E-state index contributed by atoms with van der Waals surface area (Å²) in [4.78, 5) is 3.70. The normalized spacial score (nSPS) is 10.6. The topological polar surface area (TPSA) is 29.3 Å². The number of nitrogen functional groups attached to an aromatic ring is 1. The highest BCUT2D eigenvalue weighted by Crippen LogP contribution is 2.24. The number of aryl methyl sites for hydroxylation is 2. The first-order valence-corrected chi connectivity index (χ1v) is 7.06. The van der Waals surface area contributed by atoms with Gasteiger partial charge in [-0.2, -0.15) is 0 Å². The van der Waals surface area contributed by atoms with Crippen molar-refractivity contribution >= 4 is 22.7 Å². The molecule has 2 rings (SSSR count). The molecule has 2 aromatic rings. The highest BCUT2D eigenvalue weighted by molar-refractivity contribution is 7.10. The number of thiophene rings is 1. The van der Waals surface area contributed by atoms with Crippen molar-refractivity contribution in [1.82, 2.24) is 0 Å². The predicted molar refractivity (Wildman–Crippen MR) is 81.6 cm³/mol. The largest absolute Gasteiger partial charge is 0.397 e. The summed E-state index contributed by atoms with van der Waals surface area (Å²) in [6, 6.07) is 8.42. The maximum absolute atomic E-state index is 6.06. The van der Waals surface area contributed by atoms with Gasteiger partial charge in [-0.25, -0.2) is 0 Å². The first-order chi connectivity index (χ1) is 8.58. The van der Waals surface area contributed by atoms with Crippen molar-refractivity contribution in [1.29, 1.82) is 0 Å². The molecular weight excluding hydrogens is 240 g/mol. The van der Waals surface area contributed by atoms with Crippen LogP contribution in [0.15, 0.2) is 29.6 Å². The average Bonchev–Trinajstić information content (AvgIpc) is 2.72. The fourth-order valence-corrected chi connectivity index (χ4v) is 2.97. The molecule has 2 N–H and O–H groups in total. The van der Waals surface area contributed by atoms with Gasteiger partial charge in [0.25, 0.3) is 0 Å². The van der Waals surface area contributed by atoms with E-state index >= 15 is 0 Å². The Bertz CT molecular complexity index is 531. The van der Waals surface area contributed by atoms with Crippen molar-refractivity contribution in [3.63, 3.8) is 0 Å². The molecule has 0 aliphatic carbocycles. The van der Waals surface area contributed by atoms with Crippen molar-refractivity contribution in [3.05, 3.63) is 45.6 Å². The van der Waals surface area contributed by atoms with E-state index in [2.05, 4.69) is 49.4 Å². The van der Waals surface area contributed by atoms with Crippen LogP contribution in [0.25, 0.3) is 0 Å². The zero-order valence-corrected chi connectivity index (χ0v) is 12.1. The average molecular weight is 260 g/mol. The Morgan fingerprint density at radius 1 is 1.22 bits per heavy atom. The molecule has 2 nitrogen and oxygen atoms in total. The standard InChI is InChI=1S/C15H20N2S/c1-11-4-5-14(13(16)10-11)17(3)8-6-15-12(2)7-9-18-15/h4-5,7,9-10H,6,8,16H2,1-3H3. The van der Waals surface area contributed by atoms with Gasteiger partial charge in [-0.3, -0.25) is 0 Å². The highest BCUT2D eigenvalue weighted by atomic mass is 32.1. The lowest BCUT2D eigenvalue weighted by atomic mass is 10.1.